The van der Waals surface area contributed by atoms with Crippen LogP contribution < -0.4 is 14.8 Å². The zero-order valence-corrected chi connectivity index (χ0v) is 22.8. The molecule has 2 aromatic heterocycles. The van der Waals surface area contributed by atoms with Gasteiger partial charge in [0.05, 0.1) is 41.7 Å². The molecule has 0 spiro atoms. The van der Waals surface area contributed by atoms with Crippen LogP contribution in [0.25, 0.3) is 16.9 Å². The fourth-order valence-corrected chi connectivity index (χ4v) is 5.75. The average Bonchev–Trinajstić information content (AvgIpc) is 3.28. The Morgan fingerprint density at radius 1 is 1.15 bits per heavy atom. The number of rotatable bonds is 8. The summed E-state index contributed by atoms with van der Waals surface area (Å²) in [5.74, 6) is 0.602. The first-order valence-electron chi connectivity index (χ1n) is 12.7. The Bertz CT molecular complexity index is 1610. The summed E-state index contributed by atoms with van der Waals surface area (Å²) in [7, 11) is -2.74. The molecule has 0 radical (unpaired) electrons. The predicted octanol–water partition coefficient (Wildman–Crippen LogP) is 4.35. The second-order valence-corrected chi connectivity index (χ2v) is 11.4. The topological polar surface area (TPSA) is 94.0 Å². The highest BCUT2D eigenvalue weighted by Gasteiger charge is 2.37. The minimum absolute atomic E-state index is 0.0964. The fourth-order valence-electron chi connectivity index (χ4n) is 4.71. The van der Waals surface area contributed by atoms with Crippen LogP contribution >= 0.6 is 0 Å². The molecule has 3 heterocycles. The second-order valence-electron chi connectivity index (χ2n) is 9.62. The first-order chi connectivity index (χ1) is 19.0. The summed E-state index contributed by atoms with van der Waals surface area (Å²) < 4.78 is 84.4. The first kappa shape index (κ1) is 28.1. The number of imidazole rings is 1. The summed E-state index contributed by atoms with van der Waals surface area (Å²) in [6, 6.07) is 13.4. The number of nitrogens with one attached hydrogen (secondary N) is 2. The lowest BCUT2D eigenvalue weighted by atomic mass is 10.00. The molecule has 0 amide bonds. The molecule has 1 aliphatic rings. The maximum absolute atomic E-state index is 14.4. The van der Waals surface area contributed by atoms with Gasteiger partial charge in [-0.05, 0) is 54.4 Å². The maximum atomic E-state index is 14.4. The maximum Gasteiger partial charge on any atom is 0.417 e. The SMILES string of the molecule is COc1ccc(CNS(=O)(=O)c2ccc(-c3nc4cc(C)ccn4c3C[C@H]3CNCCO3)c(C(F)(F)F)c2)cc1. The number of aromatic nitrogens is 2. The van der Waals surface area contributed by atoms with Crippen LogP contribution in [-0.4, -0.2) is 50.7 Å². The predicted molar refractivity (Wildman–Crippen MR) is 144 cm³/mol. The molecule has 0 aliphatic carbocycles. The number of alkyl halides is 3. The Morgan fingerprint density at radius 2 is 1.93 bits per heavy atom. The molecule has 2 aromatic carbocycles. The molecule has 0 saturated carbocycles. The monoisotopic (exact) mass is 574 g/mol. The number of methoxy groups -OCH3 is 1. The number of halogens is 3. The molecule has 1 fully saturated rings. The van der Waals surface area contributed by atoms with Crippen LogP contribution in [0.15, 0.2) is 65.7 Å². The van der Waals surface area contributed by atoms with Crippen molar-refractivity contribution in [2.45, 2.75) is 37.1 Å². The molecular formula is C28H29F3N4O4S. The van der Waals surface area contributed by atoms with Gasteiger partial charge in [-0.3, -0.25) is 0 Å². The normalized spacial score (nSPS) is 16.4. The standard InChI is InChI=1S/C28H29F3N4O4S/c1-18-9-11-35-25(14-21-17-32-10-12-39-21)27(34-26(35)13-18)23-8-7-22(15-24(23)28(29,30)31)40(36,37)33-16-19-3-5-20(38-2)6-4-19/h3-9,11,13,15,21,32-33H,10,12,14,16-17H2,1-2H3/t21-/m0/s1. The van der Waals surface area contributed by atoms with Crippen LogP contribution in [0, 0.1) is 6.92 Å². The fraction of sp³-hybridized carbons (Fsp3) is 0.321. The van der Waals surface area contributed by atoms with Crippen molar-refractivity contribution in [2.24, 2.45) is 0 Å². The van der Waals surface area contributed by atoms with Crippen LogP contribution in [0.1, 0.15) is 22.4 Å². The zero-order chi connectivity index (χ0) is 28.5. The molecule has 2 N–H and O–H groups in total. The second kappa shape index (κ2) is 11.2. The third kappa shape index (κ3) is 5.99. The average molecular weight is 575 g/mol. The third-order valence-corrected chi connectivity index (χ3v) is 8.19. The Morgan fingerprint density at radius 3 is 2.60 bits per heavy atom. The van der Waals surface area contributed by atoms with Crippen LogP contribution in [0.2, 0.25) is 0 Å². The first-order valence-corrected chi connectivity index (χ1v) is 14.2. The van der Waals surface area contributed by atoms with Gasteiger partial charge < -0.3 is 19.2 Å². The van der Waals surface area contributed by atoms with E-state index in [9.17, 15) is 21.6 Å². The highest BCUT2D eigenvalue weighted by molar-refractivity contribution is 7.89. The summed E-state index contributed by atoms with van der Waals surface area (Å²) in [6.07, 6.45) is -2.97. The highest BCUT2D eigenvalue weighted by Crippen LogP contribution is 2.40. The highest BCUT2D eigenvalue weighted by atomic mass is 32.2. The molecule has 1 aliphatic heterocycles. The van der Waals surface area contributed by atoms with E-state index in [0.717, 1.165) is 5.56 Å². The molecule has 5 rings (SSSR count). The minimum atomic E-state index is -4.83. The molecule has 40 heavy (non-hydrogen) atoms. The molecule has 12 heteroatoms. The largest absolute Gasteiger partial charge is 0.497 e. The van der Waals surface area contributed by atoms with Gasteiger partial charge >= 0.3 is 6.18 Å². The number of hydrogen-bond acceptors (Lipinski definition) is 6. The van der Waals surface area contributed by atoms with Crippen molar-refractivity contribution < 1.29 is 31.1 Å². The van der Waals surface area contributed by atoms with Gasteiger partial charge in [-0.1, -0.05) is 18.2 Å². The van der Waals surface area contributed by atoms with Gasteiger partial charge in [0, 0.05) is 37.8 Å². The van der Waals surface area contributed by atoms with E-state index in [2.05, 4.69) is 15.0 Å². The van der Waals surface area contributed by atoms with Gasteiger partial charge in [0.1, 0.15) is 11.4 Å². The third-order valence-electron chi connectivity index (χ3n) is 6.79. The van der Waals surface area contributed by atoms with Crippen molar-refractivity contribution >= 4 is 15.7 Å². The van der Waals surface area contributed by atoms with Crippen molar-refractivity contribution in [1.29, 1.82) is 0 Å². The number of pyridine rings is 1. The summed E-state index contributed by atoms with van der Waals surface area (Å²) in [6.45, 7) is 3.54. The molecule has 8 nitrogen and oxygen atoms in total. The number of benzene rings is 2. The number of nitrogens with zero attached hydrogens (tertiary/aromatic N) is 2. The van der Waals surface area contributed by atoms with Gasteiger partial charge in [0.25, 0.3) is 0 Å². The van der Waals surface area contributed by atoms with Crippen LogP contribution in [0.5, 0.6) is 5.75 Å². The lowest BCUT2D eigenvalue weighted by Gasteiger charge is -2.24. The molecule has 4 aromatic rings. The molecule has 1 saturated heterocycles. The van der Waals surface area contributed by atoms with Gasteiger partial charge in [-0.15, -0.1) is 0 Å². The lowest BCUT2D eigenvalue weighted by molar-refractivity contribution is -0.137. The summed E-state index contributed by atoms with van der Waals surface area (Å²) in [5, 5.41) is 3.24. The van der Waals surface area contributed by atoms with Gasteiger partial charge in [-0.25, -0.2) is 18.1 Å². The van der Waals surface area contributed by atoms with E-state index < -0.39 is 26.7 Å². The van der Waals surface area contributed by atoms with E-state index in [1.807, 2.05) is 13.0 Å². The number of hydrogen-bond donors (Lipinski definition) is 2. The van der Waals surface area contributed by atoms with E-state index in [1.54, 1.807) is 40.9 Å². The van der Waals surface area contributed by atoms with Crippen LogP contribution in [0.3, 0.4) is 0 Å². The van der Waals surface area contributed by atoms with E-state index in [0.29, 0.717) is 54.8 Å². The lowest BCUT2D eigenvalue weighted by Crippen LogP contribution is -2.39. The Labute approximate surface area is 230 Å². The van der Waals surface area contributed by atoms with E-state index >= 15 is 0 Å². The van der Waals surface area contributed by atoms with Crippen LogP contribution in [0.4, 0.5) is 13.2 Å². The van der Waals surface area contributed by atoms with E-state index in [-0.39, 0.29) is 23.9 Å². The van der Waals surface area contributed by atoms with Crippen molar-refractivity contribution in [2.75, 3.05) is 26.8 Å². The van der Waals surface area contributed by atoms with Crippen molar-refractivity contribution in [3.05, 3.63) is 83.2 Å². The number of ether oxygens (including phenoxy) is 2. The number of morpholine rings is 1. The molecule has 0 unspecified atom stereocenters. The van der Waals surface area contributed by atoms with Crippen molar-refractivity contribution in [3.63, 3.8) is 0 Å². The molecule has 0 bridgehead atoms. The molecular weight excluding hydrogens is 545 g/mol. The van der Waals surface area contributed by atoms with Crippen LogP contribution in [-0.2, 0) is 33.9 Å². The Kier molecular flexibility index (Phi) is 7.87. The zero-order valence-electron chi connectivity index (χ0n) is 22.0. The quantitative estimate of drug-likeness (QED) is 0.325. The Hall–Kier alpha value is -3.45. The molecule has 212 valence electrons. The molecule has 1 atom stereocenters. The van der Waals surface area contributed by atoms with E-state index in [1.165, 1.54) is 19.2 Å². The summed E-state index contributed by atoms with van der Waals surface area (Å²) in [4.78, 5) is 4.09. The van der Waals surface area contributed by atoms with Gasteiger partial charge in [-0.2, -0.15) is 13.2 Å². The number of fused-ring (bicyclic) bond motifs is 1. The summed E-state index contributed by atoms with van der Waals surface area (Å²) in [5.41, 5.74) is 1.46. The van der Waals surface area contributed by atoms with Gasteiger partial charge in [0.2, 0.25) is 10.0 Å². The smallest absolute Gasteiger partial charge is 0.417 e. The minimum Gasteiger partial charge on any atom is -0.497 e. The number of aryl methyl sites for hydroxylation is 1. The summed E-state index contributed by atoms with van der Waals surface area (Å²) >= 11 is 0. The Balaban J connectivity index is 1.53. The van der Waals surface area contributed by atoms with Crippen molar-refractivity contribution in [3.8, 4) is 17.0 Å². The van der Waals surface area contributed by atoms with Gasteiger partial charge in [0.15, 0.2) is 0 Å². The van der Waals surface area contributed by atoms with Crippen molar-refractivity contribution in [1.82, 2.24) is 19.4 Å². The number of sulfonamides is 1. The van der Waals surface area contributed by atoms with E-state index in [4.69, 9.17) is 9.47 Å².